The van der Waals surface area contributed by atoms with Gasteiger partial charge in [0.05, 0.1) is 7.14 Å². The van der Waals surface area contributed by atoms with Gasteiger partial charge < -0.3 is 10.5 Å². The molecule has 0 aliphatic heterocycles. The largest absolute Gasteiger partial charge is 0.484 e. The van der Waals surface area contributed by atoms with Gasteiger partial charge >= 0.3 is 0 Å². The van der Waals surface area contributed by atoms with Crippen molar-refractivity contribution >= 4 is 56.9 Å². The van der Waals surface area contributed by atoms with Gasteiger partial charge in [0, 0.05) is 5.56 Å². The SMILES string of the molecule is CC(=O)COc1c(I)cc(C(N)=O)cc1I. The molecule has 16 heavy (non-hydrogen) atoms. The van der Waals surface area contributed by atoms with Crippen LogP contribution in [0.5, 0.6) is 5.75 Å². The Hall–Kier alpha value is -0.380. The Balaban J connectivity index is 3.03. The van der Waals surface area contributed by atoms with E-state index in [9.17, 15) is 9.59 Å². The Bertz CT molecular complexity index is 423. The van der Waals surface area contributed by atoms with E-state index in [2.05, 4.69) is 0 Å². The van der Waals surface area contributed by atoms with Crippen LogP contribution >= 0.6 is 45.2 Å². The summed E-state index contributed by atoms with van der Waals surface area (Å²) in [6, 6.07) is 3.28. The van der Waals surface area contributed by atoms with Crippen molar-refractivity contribution in [3.63, 3.8) is 0 Å². The van der Waals surface area contributed by atoms with E-state index < -0.39 is 5.91 Å². The highest BCUT2D eigenvalue weighted by molar-refractivity contribution is 14.1. The first-order valence-corrected chi connectivity index (χ1v) is 6.48. The number of amides is 1. The number of primary amides is 1. The molecule has 0 unspecified atom stereocenters. The number of hydrogen-bond acceptors (Lipinski definition) is 3. The molecular weight excluding hydrogens is 436 g/mol. The first-order chi connectivity index (χ1) is 7.41. The Labute approximate surface area is 120 Å². The number of benzene rings is 1. The number of nitrogens with two attached hydrogens (primary N) is 1. The highest BCUT2D eigenvalue weighted by Gasteiger charge is 2.12. The van der Waals surface area contributed by atoms with Gasteiger partial charge in [-0.15, -0.1) is 0 Å². The standard InChI is InChI=1S/C10H9I2NO3/c1-5(14)4-16-9-7(11)2-6(10(13)15)3-8(9)12/h2-3H,4H2,1H3,(H2,13,15). The number of rotatable bonds is 4. The van der Waals surface area contributed by atoms with Crippen molar-refractivity contribution in [2.45, 2.75) is 6.92 Å². The van der Waals surface area contributed by atoms with Crippen LogP contribution in [0.2, 0.25) is 0 Å². The molecule has 1 aromatic carbocycles. The zero-order valence-corrected chi connectivity index (χ0v) is 12.7. The Morgan fingerprint density at radius 2 is 1.81 bits per heavy atom. The van der Waals surface area contributed by atoms with Crippen LogP contribution in [-0.4, -0.2) is 18.3 Å². The van der Waals surface area contributed by atoms with Gasteiger partial charge in [-0.2, -0.15) is 0 Å². The van der Waals surface area contributed by atoms with Crippen LogP contribution in [0.1, 0.15) is 17.3 Å². The van der Waals surface area contributed by atoms with Crippen molar-refractivity contribution in [1.82, 2.24) is 0 Å². The van der Waals surface area contributed by atoms with Gasteiger partial charge in [-0.05, 0) is 64.2 Å². The van der Waals surface area contributed by atoms with Crippen molar-refractivity contribution in [3.8, 4) is 5.75 Å². The molecule has 0 aliphatic rings. The first kappa shape index (κ1) is 13.7. The fourth-order valence-corrected chi connectivity index (χ4v) is 3.09. The van der Waals surface area contributed by atoms with Gasteiger partial charge in [-0.1, -0.05) is 0 Å². The van der Waals surface area contributed by atoms with Crippen LogP contribution in [-0.2, 0) is 4.79 Å². The van der Waals surface area contributed by atoms with Crippen LogP contribution in [0.15, 0.2) is 12.1 Å². The molecule has 0 aromatic heterocycles. The van der Waals surface area contributed by atoms with Gasteiger partial charge in [0.1, 0.15) is 12.4 Å². The second kappa shape index (κ2) is 5.80. The van der Waals surface area contributed by atoms with E-state index in [0.717, 1.165) is 7.14 Å². The molecule has 0 fully saturated rings. The summed E-state index contributed by atoms with van der Waals surface area (Å²) in [5, 5.41) is 0. The van der Waals surface area contributed by atoms with Crippen molar-refractivity contribution in [3.05, 3.63) is 24.8 Å². The molecule has 1 aromatic rings. The third-order valence-electron chi connectivity index (χ3n) is 1.70. The molecule has 0 saturated carbocycles. The van der Waals surface area contributed by atoms with Crippen LogP contribution in [0.3, 0.4) is 0 Å². The molecule has 1 rings (SSSR count). The quantitative estimate of drug-likeness (QED) is 0.722. The zero-order valence-electron chi connectivity index (χ0n) is 8.42. The first-order valence-electron chi connectivity index (χ1n) is 4.33. The average Bonchev–Trinajstić information content (AvgIpc) is 2.15. The fraction of sp³-hybridized carbons (Fsp3) is 0.200. The molecule has 0 radical (unpaired) electrons. The molecule has 0 bridgehead atoms. The smallest absolute Gasteiger partial charge is 0.248 e. The summed E-state index contributed by atoms with van der Waals surface area (Å²) in [5.41, 5.74) is 5.62. The second-order valence-electron chi connectivity index (χ2n) is 3.12. The van der Waals surface area contributed by atoms with E-state index in [4.69, 9.17) is 10.5 Å². The average molecular weight is 445 g/mol. The van der Waals surface area contributed by atoms with Gasteiger partial charge in [0.25, 0.3) is 0 Å². The lowest BCUT2D eigenvalue weighted by Crippen LogP contribution is -2.13. The molecular formula is C10H9I2NO3. The van der Waals surface area contributed by atoms with E-state index in [-0.39, 0.29) is 12.4 Å². The van der Waals surface area contributed by atoms with Gasteiger partial charge in [0.15, 0.2) is 5.78 Å². The van der Waals surface area contributed by atoms with Crippen LogP contribution in [0.25, 0.3) is 0 Å². The lowest BCUT2D eigenvalue weighted by atomic mass is 10.2. The molecule has 0 aliphatic carbocycles. The summed E-state index contributed by atoms with van der Waals surface area (Å²) in [7, 11) is 0. The number of hydrogen-bond donors (Lipinski definition) is 1. The number of carbonyl (C=O) groups excluding carboxylic acids is 2. The van der Waals surface area contributed by atoms with Crippen LogP contribution < -0.4 is 10.5 Å². The molecule has 4 nitrogen and oxygen atoms in total. The maximum Gasteiger partial charge on any atom is 0.248 e. The van der Waals surface area contributed by atoms with E-state index in [1.165, 1.54) is 6.92 Å². The number of ether oxygens (including phenoxy) is 1. The second-order valence-corrected chi connectivity index (χ2v) is 5.45. The number of carbonyl (C=O) groups is 2. The zero-order chi connectivity index (χ0) is 12.3. The van der Waals surface area contributed by atoms with Crippen molar-refractivity contribution in [1.29, 1.82) is 0 Å². The van der Waals surface area contributed by atoms with Crippen molar-refractivity contribution in [2.75, 3.05) is 6.61 Å². The number of halogens is 2. The maximum absolute atomic E-state index is 11.0. The Morgan fingerprint density at radius 1 is 1.31 bits per heavy atom. The molecule has 0 heterocycles. The highest BCUT2D eigenvalue weighted by Crippen LogP contribution is 2.28. The number of ketones is 1. The molecule has 0 saturated heterocycles. The summed E-state index contributed by atoms with van der Waals surface area (Å²) < 4.78 is 6.87. The Kier molecular flexibility index (Phi) is 4.96. The van der Waals surface area contributed by atoms with Crippen LogP contribution in [0, 0.1) is 7.14 Å². The minimum Gasteiger partial charge on any atom is -0.484 e. The summed E-state index contributed by atoms with van der Waals surface area (Å²) in [4.78, 5) is 21.8. The van der Waals surface area contributed by atoms with Gasteiger partial charge in [-0.25, -0.2) is 0 Å². The van der Waals surface area contributed by atoms with E-state index in [1.54, 1.807) is 12.1 Å². The predicted molar refractivity (Wildman–Crippen MR) is 76.6 cm³/mol. The third-order valence-corrected chi connectivity index (χ3v) is 3.31. The fourth-order valence-electron chi connectivity index (χ4n) is 1.01. The molecule has 0 atom stereocenters. The Morgan fingerprint density at radius 3 is 2.19 bits per heavy atom. The molecule has 0 spiro atoms. The minimum atomic E-state index is -0.478. The summed E-state index contributed by atoms with van der Waals surface area (Å²) >= 11 is 4.09. The number of Topliss-reactive ketones (excluding diaryl/α,β-unsaturated/α-hetero) is 1. The van der Waals surface area contributed by atoms with E-state index in [1.807, 2.05) is 45.2 Å². The van der Waals surface area contributed by atoms with E-state index >= 15 is 0 Å². The molecule has 86 valence electrons. The van der Waals surface area contributed by atoms with Crippen molar-refractivity contribution in [2.24, 2.45) is 5.73 Å². The molecule has 1 amide bonds. The molecule has 2 N–H and O–H groups in total. The van der Waals surface area contributed by atoms with Gasteiger partial charge in [-0.3, -0.25) is 9.59 Å². The summed E-state index contributed by atoms with van der Waals surface area (Å²) in [6.45, 7) is 1.49. The minimum absolute atomic E-state index is 0.0297. The summed E-state index contributed by atoms with van der Waals surface area (Å²) in [6.07, 6.45) is 0. The lowest BCUT2D eigenvalue weighted by Gasteiger charge is -2.10. The van der Waals surface area contributed by atoms with E-state index in [0.29, 0.717) is 11.3 Å². The third kappa shape index (κ3) is 3.58. The van der Waals surface area contributed by atoms with Gasteiger partial charge in [0.2, 0.25) is 5.91 Å². The monoisotopic (exact) mass is 445 g/mol. The van der Waals surface area contributed by atoms with Crippen LogP contribution in [0.4, 0.5) is 0 Å². The lowest BCUT2D eigenvalue weighted by molar-refractivity contribution is -0.118. The van der Waals surface area contributed by atoms with Crippen molar-refractivity contribution < 1.29 is 14.3 Å². The molecule has 6 heteroatoms. The highest BCUT2D eigenvalue weighted by atomic mass is 127. The normalized spacial score (nSPS) is 9.94. The summed E-state index contributed by atoms with van der Waals surface area (Å²) in [5.74, 6) is 0.0842. The predicted octanol–water partition coefficient (Wildman–Crippen LogP) is 1.96. The topological polar surface area (TPSA) is 69.4 Å². The maximum atomic E-state index is 11.0.